The number of nitrogens with one attached hydrogen (secondary N) is 1. The highest BCUT2D eigenvalue weighted by Gasteiger charge is 2.08. The number of unbranched alkanes of at least 4 members (excludes halogenated alkanes) is 1. The fourth-order valence-corrected chi connectivity index (χ4v) is 2.02. The lowest BCUT2D eigenvalue weighted by Crippen LogP contribution is -2.20. The number of hydrogen-bond donors (Lipinski definition) is 1. The minimum atomic E-state index is 0.961. The summed E-state index contributed by atoms with van der Waals surface area (Å²) >= 11 is 0. The van der Waals surface area contributed by atoms with Gasteiger partial charge < -0.3 is 15.0 Å². The average Bonchev–Trinajstić information content (AvgIpc) is 2.42. The van der Waals surface area contributed by atoms with E-state index in [1.54, 1.807) is 7.11 Å². The van der Waals surface area contributed by atoms with Gasteiger partial charge in [-0.05, 0) is 50.6 Å². The molecule has 0 unspecified atom stereocenters. The van der Waals surface area contributed by atoms with Crippen LogP contribution in [0, 0.1) is 0 Å². The fraction of sp³-hybridized carbons (Fsp3) is 0.600. The summed E-state index contributed by atoms with van der Waals surface area (Å²) in [4.78, 5) is 2.29. The van der Waals surface area contributed by atoms with Crippen LogP contribution in [0.3, 0.4) is 0 Å². The maximum absolute atomic E-state index is 5.44. The van der Waals surface area contributed by atoms with E-state index >= 15 is 0 Å². The van der Waals surface area contributed by atoms with Gasteiger partial charge in [0.05, 0.1) is 12.8 Å². The summed E-state index contributed by atoms with van der Waals surface area (Å²) in [6.45, 7) is 4.32. The first-order chi connectivity index (χ1) is 8.72. The molecule has 0 amide bonds. The number of anilines is 1. The zero-order chi connectivity index (χ0) is 13.4. The normalized spacial score (nSPS) is 10.4. The first kappa shape index (κ1) is 14.8. The standard InChI is InChI=1S/C15H26N2O/c1-5-13-8-9-15(18-4)14(12-13)17(3)11-7-6-10-16-2/h8-9,12,16H,5-7,10-11H2,1-4H3. The van der Waals surface area contributed by atoms with Crippen molar-refractivity contribution in [1.29, 1.82) is 0 Å². The largest absolute Gasteiger partial charge is 0.495 e. The summed E-state index contributed by atoms with van der Waals surface area (Å²) in [5.74, 6) is 0.961. The molecule has 0 aliphatic carbocycles. The first-order valence-corrected chi connectivity index (χ1v) is 6.75. The van der Waals surface area contributed by atoms with Crippen LogP contribution in [0.1, 0.15) is 25.3 Å². The smallest absolute Gasteiger partial charge is 0.142 e. The van der Waals surface area contributed by atoms with E-state index in [1.165, 1.54) is 24.1 Å². The molecule has 1 rings (SSSR count). The molecule has 1 N–H and O–H groups in total. The minimum Gasteiger partial charge on any atom is -0.495 e. The Bertz CT molecular complexity index is 352. The number of ether oxygens (including phenoxy) is 1. The molecule has 102 valence electrons. The summed E-state index contributed by atoms with van der Waals surface area (Å²) in [7, 11) is 5.87. The lowest BCUT2D eigenvalue weighted by molar-refractivity contribution is 0.414. The number of benzene rings is 1. The predicted octanol–water partition coefficient (Wildman–Crippen LogP) is 2.69. The monoisotopic (exact) mass is 250 g/mol. The third-order valence-electron chi connectivity index (χ3n) is 3.23. The summed E-state index contributed by atoms with van der Waals surface area (Å²) < 4.78 is 5.44. The van der Waals surface area contributed by atoms with Crippen molar-refractivity contribution >= 4 is 5.69 Å². The van der Waals surface area contributed by atoms with E-state index in [4.69, 9.17) is 4.74 Å². The maximum Gasteiger partial charge on any atom is 0.142 e. The van der Waals surface area contributed by atoms with Crippen molar-refractivity contribution in [3.63, 3.8) is 0 Å². The molecular formula is C15H26N2O. The van der Waals surface area contributed by atoms with Crippen LogP contribution >= 0.6 is 0 Å². The molecule has 1 aromatic carbocycles. The highest BCUT2D eigenvalue weighted by Crippen LogP contribution is 2.28. The number of hydrogen-bond acceptors (Lipinski definition) is 3. The summed E-state index contributed by atoms with van der Waals surface area (Å²) in [5, 5.41) is 3.18. The van der Waals surface area contributed by atoms with Gasteiger partial charge in [-0.25, -0.2) is 0 Å². The Hall–Kier alpha value is -1.22. The molecule has 0 heterocycles. The van der Waals surface area contributed by atoms with Gasteiger partial charge in [0.2, 0.25) is 0 Å². The molecule has 0 aromatic heterocycles. The van der Waals surface area contributed by atoms with Crippen LogP contribution in [0.2, 0.25) is 0 Å². The quantitative estimate of drug-likeness (QED) is 0.718. The van der Waals surface area contributed by atoms with Crippen LogP contribution in [-0.2, 0) is 6.42 Å². The third kappa shape index (κ3) is 4.22. The molecule has 0 radical (unpaired) electrons. The summed E-state index contributed by atoms with van der Waals surface area (Å²) in [5.41, 5.74) is 2.55. The molecule has 0 saturated carbocycles. The van der Waals surface area contributed by atoms with Crippen LogP contribution in [0.5, 0.6) is 5.75 Å². The number of rotatable bonds is 8. The van der Waals surface area contributed by atoms with Crippen molar-refractivity contribution in [2.24, 2.45) is 0 Å². The number of aryl methyl sites for hydroxylation is 1. The second-order valence-electron chi connectivity index (χ2n) is 4.59. The van der Waals surface area contributed by atoms with Crippen molar-refractivity contribution in [2.75, 3.05) is 39.2 Å². The molecule has 0 aliphatic rings. The molecule has 0 atom stereocenters. The molecule has 0 aliphatic heterocycles. The molecular weight excluding hydrogens is 224 g/mol. The van der Waals surface area contributed by atoms with E-state index < -0.39 is 0 Å². The number of methoxy groups -OCH3 is 1. The molecule has 0 saturated heterocycles. The maximum atomic E-state index is 5.44. The van der Waals surface area contributed by atoms with E-state index in [1.807, 2.05) is 7.05 Å². The second kappa shape index (κ2) is 7.98. The third-order valence-corrected chi connectivity index (χ3v) is 3.23. The van der Waals surface area contributed by atoms with E-state index in [2.05, 4.69) is 42.4 Å². The Morgan fingerprint density at radius 3 is 2.67 bits per heavy atom. The molecule has 0 fully saturated rings. The highest BCUT2D eigenvalue weighted by atomic mass is 16.5. The Kier molecular flexibility index (Phi) is 6.58. The van der Waals surface area contributed by atoms with E-state index in [9.17, 15) is 0 Å². The minimum absolute atomic E-state index is 0.961. The van der Waals surface area contributed by atoms with Gasteiger partial charge in [-0.3, -0.25) is 0 Å². The lowest BCUT2D eigenvalue weighted by atomic mass is 10.1. The Morgan fingerprint density at radius 1 is 1.28 bits per heavy atom. The predicted molar refractivity (Wildman–Crippen MR) is 78.8 cm³/mol. The van der Waals surface area contributed by atoms with Crippen molar-refractivity contribution in [3.8, 4) is 5.75 Å². The number of nitrogens with zero attached hydrogens (tertiary/aromatic N) is 1. The van der Waals surface area contributed by atoms with Gasteiger partial charge in [0.1, 0.15) is 5.75 Å². The van der Waals surface area contributed by atoms with Gasteiger partial charge in [-0.15, -0.1) is 0 Å². The lowest BCUT2D eigenvalue weighted by Gasteiger charge is -2.22. The van der Waals surface area contributed by atoms with Gasteiger partial charge in [0.25, 0.3) is 0 Å². The van der Waals surface area contributed by atoms with Gasteiger partial charge in [0, 0.05) is 13.6 Å². The van der Waals surface area contributed by atoms with Crippen molar-refractivity contribution in [1.82, 2.24) is 5.32 Å². The highest BCUT2D eigenvalue weighted by molar-refractivity contribution is 5.59. The molecule has 0 bridgehead atoms. The second-order valence-corrected chi connectivity index (χ2v) is 4.59. The van der Waals surface area contributed by atoms with Gasteiger partial charge in [-0.1, -0.05) is 13.0 Å². The molecule has 0 spiro atoms. The van der Waals surface area contributed by atoms with Gasteiger partial charge >= 0.3 is 0 Å². The molecule has 18 heavy (non-hydrogen) atoms. The van der Waals surface area contributed by atoms with Crippen molar-refractivity contribution in [2.45, 2.75) is 26.2 Å². The Balaban J connectivity index is 2.66. The zero-order valence-corrected chi connectivity index (χ0v) is 12.1. The summed E-state index contributed by atoms with van der Waals surface area (Å²) in [6, 6.07) is 6.44. The Labute approximate surface area is 111 Å². The van der Waals surface area contributed by atoms with Crippen LogP contribution in [0.25, 0.3) is 0 Å². The van der Waals surface area contributed by atoms with Crippen LogP contribution in [0.4, 0.5) is 5.69 Å². The zero-order valence-electron chi connectivity index (χ0n) is 12.1. The van der Waals surface area contributed by atoms with Crippen molar-refractivity contribution < 1.29 is 4.74 Å². The van der Waals surface area contributed by atoms with E-state index in [0.29, 0.717) is 0 Å². The van der Waals surface area contributed by atoms with Crippen LogP contribution in [0.15, 0.2) is 18.2 Å². The molecule has 3 nitrogen and oxygen atoms in total. The fourth-order valence-electron chi connectivity index (χ4n) is 2.02. The SMILES string of the molecule is CCc1ccc(OC)c(N(C)CCCCNC)c1. The van der Waals surface area contributed by atoms with E-state index in [0.717, 1.165) is 25.3 Å². The Morgan fingerprint density at radius 2 is 2.06 bits per heavy atom. The van der Waals surface area contributed by atoms with Gasteiger partial charge in [0.15, 0.2) is 0 Å². The van der Waals surface area contributed by atoms with Crippen LogP contribution in [-0.4, -0.2) is 34.3 Å². The van der Waals surface area contributed by atoms with E-state index in [-0.39, 0.29) is 0 Å². The molecule has 1 aromatic rings. The first-order valence-electron chi connectivity index (χ1n) is 6.75. The summed E-state index contributed by atoms with van der Waals surface area (Å²) in [6.07, 6.45) is 3.46. The van der Waals surface area contributed by atoms with Crippen molar-refractivity contribution in [3.05, 3.63) is 23.8 Å². The average molecular weight is 250 g/mol. The van der Waals surface area contributed by atoms with Gasteiger partial charge in [-0.2, -0.15) is 0 Å². The topological polar surface area (TPSA) is 24.5 Å². The molecule has 3 heteroatoms. The van der Waals surface area contributed by atoms with Crippen LogP contribution < -0.4 is 15.0 Å².